The van der Waals surface area contributed by atoms with E-state index in [-0.39, 0.29) is 23.5 Å². The number of para-hydroxylation sites is 1. The maximum atomic E-state index is 13.0. The molecular weight excluding hydrogens is 337 g/mol. The van der Waals surface area contributed by atoms with E-state index in [2.05, 4.69) is 15.3 Å². The average molecular weight is 355 g/mol. The van der Waals surface area contributed by atoms with E-state index in [4.69, 9.17) is 0 Å². The summed E-state index contributed by atoms with van der Waals surface area (Å²) in [6.07, 6.45) is 0. The average Bonchev–Trinajstić information content (AvgIpc) is 2.60. The molecule has 2 aromatic carbocycles. The molecule has 1 amide bonds. The van der Waals surface area contributed by atoms with E-state index >= 15 is 0 Å². The molecule has 0 saturated heterocycles. The highest BCUT2D eigenvalue weighted by molar-refractivity contribution is 8.00. The van der Waals surface area contributed by atoms with E-state index in [1.54, 1.807) is 12.1 Å². The number of nitrogens with zero attached hydrogens (tertiary/aromatic N) is 2. The van der Waals surface area contributed by atoms with Gasteiger partial charge in [-0.05, 0) is 37.6 Å². The third-order valence-corrected chi connectivity index (χ3v) is 4.76. The van der Waals surface area contributed by atoms with Crippen LogP contribution in [0, 0.1) is 12.7 Å². The number of halogens is 1. The fourth-order valence-corrected chi connectivity index (χ4v) is 3.40. The second-order valence-electron chi connectivity index (χ2n) is 5.72. The van der Waals surface area contributed by atoms with E-state index in [0.29, 0.717) is 5.82 Å². The number of hydrogen-bond acceptors (Lipinski definition) is 4. The zero-order valence-electron chi connectivity index (χ0n) is 14.0. The maximum absolute atomic E-state index is 13.0. The summed E-state index contributed by atoms with van der Waals surface area (Å²) < 4.78 is 13.0. The lowest BCUT2D eigenvalue weighted by Gasteiger charge is -2.14. The molecule has 0 saturated carbocycles. The minimum absolute atomic E-state index is 0.0952. The highest BCUT2D eigenvalue weighted by Gasteiger charge is 2.12. The first kappa shape index (κ1) is 17.4. The highest BCUT2D eigenvalue weighted by Crippen LogP contribution is 2.25. The zero-order valence-corrected chi connectivity index (χ0v) is 14.8. The van der Waals surface area contributed by atoms with Crippen molar-refractivity contribution < 1.29 is 9.18 Å². The Bertz CT molecular complexity index is 899. The first-order valence-corrected chi connectivity index (χ1v) is 8.92. The number of aromatic nitrogens is 2. The van der Waals surface area contributed by atoms with E-state index in [0.717, 1.165) is 21.5 Å². The molecule has 3 rings (SSSR count). The molecule has 0 spiro atoms. The predicted octanol–water partition coefficient (Wildman–Crippen LogP) is 4.05. The Morgan fingerprint density at radius 2 is 1.88 bits per heavy atom. The third-order valence-electron chi connectivity index (χ3n) is 3.77. The fourth-order valence-electron chi connectivity index (χ4n) is 2.52. The smallest absolute Gasteiger partial charge is 0.230 e. The molecule has 0 radical (unpaired) electrons. The van der Waals surface area contributed by atoms with Crippen LogP contribution in [0.4, 0.5) is 4.39 Å². The molecule has 4 nitrogen and oxygen atoms in total. The van der Waals surface area contributed by atoms with Crippen molar-refractivity contribution in [3.8, 4) is 0 Å². The lowest BCUT2D eigenvalue weighted by atomic mass is 10.1. The van der Waals surface area contributed by atoms with Gasteiger partial charge in [0.15, 0.2) is 0 Å². The van der Waals surface area contributed by atoms with Gasteiger partial charge in [-0.15, -0.1) is 0 Å². The molecule has 0 aliphatic heterocycles. The number of fused-ring (bicyclic) bond motifs is 1. The van der Waals surface area contributed by atoms with Crippen LogP contribution in [0.5, 0.6) is 0 Å². The molecule has 0 unspecified atom stereocenters. The van der Waals surface area contributed by atoms with Gasteiger partial charge in [-0.1, -0.05) is 42.1 Å². The summed E-state index contributed by atoms with van der Waals surface area (Å²) in [7, 11) is 0. The first-order chi connectivity index (χ1) is 12.0. The van der Waals surface area contributed by atoms with Crippen LogP contribution in [0.1, 0.15) is 24.4 Å². The molecule has 0 aliphatic carbocycles. The van der Waals surface area contributed by atoms with Crippen LogP contribution in [0.2, 0.25) is 0 Å². The summed E-state index contributed by atoms with van der Waals surface area (Å²) in [5.74, 6) is 0.554. The van der Waals surface area contributed by atoms with Crippen LogP contribution in [0.3, 0.4) is 0 Å². The minimum atomic E-state index is -0.288. The quantitative estimate of drug-likeness (QED) is 0.554. The third kappa shape index (κ3) is 4.33. The van der Waals surface area contributed by atoms with E-state index < -0.39 is 0 Å². The number of carbonyl (C=O) groups excluding carboxylic acids is 1. The lowest BCUT2D eigenvalue weighted by Crippen LogP contribution is -2.28. The van der Waals surface area contributed by atoms with Gasteiger partial charge in [0.1, 0.15) is 16.7 Å². The van der Waals surface area contributed by atoms with Crippen molar-refractivity contribution in [1.29, 1.82) is 0 Å². The Hall–Kier alpha value is -2.47. The fraction of sp³-hybridized carbons (Fsp3) is 0.211. The number of thioether (sulfide) groups is 1. The topological polar surface area (TPSA) is 54.9 Å². The Labute approximate surface area is 149 Å². The number of amides is 1. The van der Waals surface area contributed by atoms with Gasteiger partial charge in [0.25, 0.3) is 0 Å². The molecule has 25 heavy (non-hydrogen) atoms. The molecule has 0 bridgehead atoms. The normalized spacial score (nSPS) is 12.1. The van der Waals surface area contributed by atoms with Crippen molar-refractivity contribution in [3.63, 3.8) is 0 Å². The Balaban J connectivity index is 1.65. The van der Waals surface area contributed by atoms with Crippen LogP contribution in [0.15, 0.2) is 53.6 Å². The lowest BCUT2D eigenvalue weighted by molar-refractivity contribution is -0.119. The number of rotatable bonds is 5. The predicted molar refractivity (Wildman–Crippen MR) is 98.0 cm³/mol. The molecule has 128 valence electrons. The van der Waals surface area contributed by atoms with Gasteiger partial charge in [0.2, 0.25) is 5.91 Å². The summed E-state index contributed by atoms with van der Waals surface area (Å²) in [5.41, 5.74) is 1.74. The van der Waals surface area contributed by atoms with Crippen LogP contribution in [0.25, 0.3) is 10.9 Å². The Morgan fingerprint density at radius 3 is 2.64 bits per heavy atom. The SMILES string of the molecule is Cc1nc(SCC(=O)N[C@H](C)c2ccc(F)cc2)c2ccccc2n1. The molecule has 1 N–H and O–H groups in total. The largest absolute Gasteiger partial charge is 0.349 e. The van der Waals surface area contributed by atoms with Gasteiger partial charge in [0, 0.05) is 5.39 Å². The van der Waals surface area contributed by atoms with Crippen LogP contribution >= 0.6 is 11.8 Å². The van der Waals surface area contributed by atoms with Crippen molar-refractivity contribution in [3.05, 3.63) is 65.7 Å². The van der Waals surface area contributed by atoms with Crippen LogP contribution in [-0.4, -0.2) is 21.6 Å². The van der Waals surface area contributed by atoms with Crippen LogP contribution < -0.4 is 5.32 Å². The summed E-state index contributed by atoms with van der Waals surface area (Å²) in [4.78, 5) is 21.1. The summed E-state index contributed by atoms with van der Waals surface area (Å²) in [5, 5.41) is 4.66. The standard InChI is InChI=1S/C19H18FN3OS/c1-12(14-7-9-15(20)10-8-14)21-18(24)11-25-19-16-5-3-4-6-17(16)22-13(2)23-19/h3-10,12H,11H2,1-2H3,(H,21,24)/t12-/m1/s1. The summed E-state index contributed by atoms with van der Waals surface area (Å²) in [6.45, 7) is 3.72. The minimum Gasteiger partial charge on any atom is -0.349 e. The Kier molecular flexibility index (Phi) is 5.28. The van der Waals surface area contributed by atoms with Crippen LogP contribution in [-0.2, 0) is 4.79 Å². The molecule has 6 heteroatoms. The molecule has 1 aromatic heterocycles. The van der Waals surface area contributed by atoms with Crippen molar-refractivity contribution in [2.45, 2.75) is 24.9 Å². The summed E-state index contributed by atoms with van der Waals surface area (Å²) >= 11 is 1.39. The van der Waals surface area contributed by atoms with Gasteiger partial charge in [-0.2, -0.15) is 0 Å². The van der Waals surface area contributed by atoms with Gasteiger partial charge >= 0.3 is 0 Å². The number of benzene rings is 2. The van der Waals surface area contributed by atoms with Crippen molar-refractivity contribution in [2.24, 2.45) is 0 Å². The molecular formula is C19H18FN3OS. The molecule has 0 aliphatic rings. The Morgan fingerprint density at radius 1 is 1.16 bits per heavy atom. The zero-order chi connectivity index (χ0) is 17.8. The molecule has 1 atom stereocenters. The first-order valence-electron chi connectivity index (χ1n) is 7.94. The van der Waals surface area contributed by atoms with Gasteiger partial charge in [-0.3, -0.25) is 4.79 Å². The molecule has 1 heterocycles. The van der Waals surface area contributed by atoms with E-state index in [1.165, 1.54) is 23.9 Å². The number of aryl methyl sites for hydroxylation is 1. The maximum Gasteiger partial charge on any atom is 0.230 e. The van der Waals surface area contributed by atoms with Crippen molar-refractivity contribution >= 4 is 28.6 Å². The second kappa shape index (κ2) is 7.61. The monoisotopic (exact) mass is 355 g/mol. The number of carbonyl (C=O) groups is 1. The van der Waals surface area contributed by atoms with Gasteiger partial charge < -0.3 is 5.32 Å². The molecule has 0 fully saturated rings. The van der Waals surface area contributed by atoms with Gasteiger partial charge in [-0.25, -0.2) is 14.4 Å². The highest BCUT2D eigenvalue weighted by atomic mass is 32.2. The molecule has 3 aromatic rings. The van der Waals surface area contributed by atoms with E-state index in [9.17, 15) is 9.18 Å². The summed E-state index contributed by atoms with van der Waals surface area (Å²) in [6, 6.07) is 13.7. The number of nitrogens with one attached hydrogen (secondary N) is 1. The van der Waals surface area contributed by atoms with Gasteiger partial charge in [0.05, 0.1) is 17.3 Å². The van der Waals surface area contributed by atoms with Crippen molar-refractivity contribution in [2.75, 3.05) is 5.75 Å². The van der Waals surface area contributed by atoms with E-state index in [1.807, 2.05) is 38.1 Å². The number of hydrogen-bond donors (Lipinski definition) is 1. The second-order valence-corrected chi connectivity index (χ2v) is 6.69. The van der Waals surface area contributed by atoms with Crippen molar-refractivity contribution in [1.82, 2.24) is 15.3 Å².